The van der Waals surface area contributed by atoms with E-state index in [1.54, 1.807) is 32.0 Å². The first kappa shape index (κ1) is 24.2. The van der Waals surface area contributed by atoms with Crippen LogP contribution in [-0.4, -0.2) is 39.6 Å². The Labute approximate surface area is 178 Å². The van der Waals surface area contributed by atoms with Crippen LogP contribution in [0.5, 0.6) is 5.75 Å². The van der Waals surface area contributed by atoms with Crippen molar-refractivity contribution in [2.75, 3.05) is 11.9 Å². The van der Waals surface area contributed by atoms with Crippen LogP contribution in [-0.2, 0) is 24.3 Å². The molecule has 0 radical (unpaired) electrons. The second kappa shape index (κ2) is 10.8. The molecule has 31 heavy (non-hydrogen) atoms. The van der Waals surface area contributed by atoms with Crippen molar-refractivity contribution < 1.29 is 36.3 Å². The number of halogens is 2. The molecule has 8 nitrogen and oxygen atoms in total. The zero-order valence-corrected chi connectivity index (χ0v) is 17.6. The lowest BCUT2D eigenvalue weighted by Crippen LogP contribution is -2.45. The van der Waals surface area contributed by atoms with Crippen LogP contribution in [0.4, 0.5) is 14.5 Å². The maximum atomic E-state index is 12.5. The number of carbonyl (C=O) groups excluding carboxylic acids is 2. The lowest BCUT2D eigenvalue weighted by molar-refractivity contribution is -0.150. The predicted octanol–water partition coefficient (Wildman–Crippen LogP) is 2.77. The Hall–Kier alpha value is -3.05. The van der Waals surface area contributed by atoms with E-state index in [1.807, 2.05) is 0 Å². The van der Waals surface area contributed by atoms with Crippen LogP contribution in [0, 0.1) is 5.92 Å². The second-order valence-corrected chi connectivity index (χ2v) is 8.43. The Morgan fingerprint density at radius 3 is 2.16 bits per heavy atom. The highest BCUT2D eigenvalue weighted by Gasteiger charge is 2.30. The Kier molecular flexibility index (Phi) is 8.46. The number of anilines is 1. The summed E-state index contributed by atoms with van der Waals surface area (Å²) < 4.78 is 60.7. The van der Waals surface area contributed by atoms with Crippen LogP contribution in [0.3, 0.4) is 0 Å². The largest absolute Gasteiger partial charge is 0.454 e. The zero-order valence-electron chi connectivity index (χ0n) is 16.7. The van der Waals surface area contributed by atoms with Crippen molar-refractivity contribution in [2.24, 2.45) is 5.92 Å². The van der Waals surface area contributed by atoms with Crippen molar-refractivity contribution in [3.05, 3.63) is 54.6 Å². The van der Waals surface area contributed by atoms with Crippen LogP contribution in [0.15, 0.2) is 59.5 Å². The van der Waals surface area contributed by atoms with Crippen LogP contribution < -0.4 is 14.8 Å². The fourth-order valence-electron chi connectivity index (χ4n) is 2.43. The number of benzene rings is 2. The molecule has 0 saturated carbocycles. The summed E-state index contributed by atoms with van der Waals surface area (Å²) in [6, 6.07) is 11.5. The first-order valence-electron chi connectivity index (χ1n) is 9.17. The van der Waals surface area contributed by atoms with Crippen LogP contribution in [0.25, 0.3) is 0 Å². The molecule has 2 rings (SSSR count). The second-order valence-electron chi connectivity index (χ2n) is 6.71. The monoisotopic (exact) mass is 456 g/mol. The van der Waals surface area contributed by atoms with Gasteiger partial charge in [-0.3, -0.25) is 9.59 Å². The SMILES string of the molecule is CC(C)[C@@H](NS(=O)(=O)c1ccccc1)C(=O)OCC(=O)Nc1ccc(OC(F)F)cc1. The number of alkyl halides is 2. The van der Waals surface area contributed by atoms with E-state index in [4.69, 9.17) is 4.74 Å². The molecule has 11 heteroatoms. The number of amides is 1. The van der Waals surface area contributed by atoms with Crippen LogP contribution >= 0.6 is 0 Å². The van der Waals surface area contributed by atoms with Crippen LogP contribution in [0.1, 0.15) is 13.8 Å². The molecular formula is C20H22F2N2O6S. The predicted molar refractivity (Wildman–Crippen MR) is 108 cm³/mol. The van der Waals surface area contributed by atoms with E-state index in [1.165, 1.54) is 36.4 Å². The van der Waals surface area contributed by atoms with Crippen molar-refractivity contribution in [1.82, 2.24) is 4.72 Å². The number of hydrogen-bond acceptors (Lipinski definition) is 6. The normalized spacial score (nSPS) is 12.5. The molecule has 1 amide bonds. The van der Waals surface area contributed by atoms with Gasteiger partial charge in [-0.15, -0.1) is 0 Å². The third-order valence-electron chi connectivity index (χ3n) is 3.96. The Morgan fingerprint density at radius 1 is 1.00 bits per heavy atom. The molecular weight excluding hydrogens is 434 g/mol. The average molecular weight is 456 g/mol. The number of ether oxygens (including phenoxy) is 2. The summed E-state index contributed by atoms with van der Waals surface area (Å²) in [5.74, 6) is -2.13. The Balaban J connectivity index is 1.93. The minimum absolute atomic E-state index is 0.00883. The van der Waals surface area contributed by atoms with Gasteiger partial charge in [-0.05, 0) is 42.3 Å². The number of sulfonamides is 1. The number of carbonyl (C=O) groups is 2. The highest BCUT2D eigenvalue weighted by Crippen LogP contribution is 2.18. The standard InChI is InChI=1S/C20H22F2N2O6S/c1-13(2)18(24-31(27,28)16-6-4-3-5-7-16)19(26)29-12-17(25)23-14-8-10-15(11-9-14)30-20(21)22/h3-11,13,18,20,24H,12H2,1-2H3,(H,23,25)/t18-/m1/s1. The highest BCUT2D eigenvalue weighted by atomic mass is 32.2. The van der Waals surface area contributed by atoms with Gasteiger partial charge in [0.05, 0.1) is 4.90 Å². The van der Waals surface area contributed by atoms with Gasteiger partial charge in [-0.2, -0.15) is 13.5 Å². The van der Waals surface area contributed by atoms with Gasteiger partial charge < -0.3 is 14.8 Å². The number of rotatable bonds is 10. The maximum Gasteiger partial charge on any atom is 0.387 e. The van der Waals surface area contributed by atoms with Crippen LogP contribution in [0.2, 0.25) is 0 Å². The first-order valence-corrected chi connectivity index (χ1v) is 10.7. The van der Waals surface area contributed by atoms with E-state index < -0.39 is 47.1 Å². The van der Waals surface area contributed by atoms with E-state index in [2.05, 4.69) is 14.8 Å². The Bertz CT molecular complexity index is 982. The van der Waals surface area contributed by atoms with Crippen molar-refractivity contribution in [2.45, 2.75) is 31.4 Å². The van der Waals surface area contributed by atoms with E-state index in [0.29, 0.717) is 0 Å². The van der Waals surface area contributed by atoms with Gasteiger partial charge in [0.1, 0.15) is 11.8 Å². The summed E-state index contributed by atoms with van der Waals surface area (Å²) >= 11 is 0. The lowest BCUT2D eigenvalue weighted by Gasteiger charge is -2.20. The molecule has 168 valence electrons. The van der Waals surface area contributed by atoms with Gasteiger partial charge in [0.15, 0.2) is 6.61 Å². The number of nitrogens with one attached hydrogen (secondary N) is 2. The smallest absolute Gasteiger partial charge is 0.387 e. The maximum absolute atomic E-state index is 12.5. The average Bonchev–Trinajstić information content (AvgIpc) is 2.72. The summed E-state index contributed by atoms with van der Waals surface area (Å²) in [6.45, 7) is -0.372. The van der Waals surface area contributed by atoms with Crippen molar-refractivity contribution in [1.29, 1.82) is 0 Å². The van der Waals surface area contributed by atoms with E-state index in [0.717, 1.165) is 0 Å². The minimum Gasteiger partial charge on any atom is -0.454 e. The fourth-order valence-corrected chi connectivity index (χ4v) is 3.79. The summed E-state index contributed by atoms with van der Waals surface area (Å²) in [5.41, 5.74) is 0.271. The number of esters is 1. The van der Waals surface area contributed by atoms with Gasteiger partial charge >= 0.3 is 12.6 Å². The summed E-state index contributed by atoms with van der Waals surface area (Å²) in [4.78, 5) is 24.4. The van der Waals surface area contributed by atoms with Gasteiger partial charge in [0.25, 0.3) is 5.91 Å². The van der Waals surface area contributed by atoms with Gasteiger partial charge in [0.2, 0.25) is 10.0 Å². The van der Waals surface area contributed by atoms with Crippen molar-refractivity contribution in [3.63, 3.8) is 0 Å². The quantitative estimate of drug-likeness (QED) is 0.532. The summed E-state index contributed by atoms with van der Waals surface area (Å²) in [5, 5.41) is 2.42. The number of hydrogen-bond donors (Lipinski definition) is 2. The van der Waals surface area contributed by atoms with E-state index in [-0.39, 0.29) is 16.3 Å². The third kappa shape index (κ3) is 7.61. The molecule has 0 bridgehead atoms. The van der Waals surface area contributed by atoms with E-state index in [9.17, 15) is 26.8 Å². The van der Waals surface area contributed by atoms with Gasteiger partial charge in [-0.25, -0.2) is 8.42 Å². The minimum atomic E-state index is -3.97. The van der Waals surface area contributed by atoms with Gasteiger partial charge in [-0.1, -0.05) is 32.0 Å². The third-order valence-corrected chi connectivity index (χ3v) is 5.42. The molecule has 0 aliphatic carbocycles. The van der Waals surface area contributed by atoms with Crippen molar-refractivity contribution in [3.8, 4) is 5.75 Å². The Morgan fingerprint density at radius 2 is 1.61 bits per heavy atom. The van der Waals surface area contributed by atoms with Crippen molar-refractivity contribution >= 4 is 27.6 Å². The molecule has 2 N–H and O–H groups in total. The zero-order chi connectivity index (χ0) is 23.0. The molecule has 0 saturated heterocycles. The molecule has 0 aliphatic rings. The molecule has 2 aromatic carbocycles. The molecule has 0 aromatic heterocycles. The highest BCUT2D eigenvalue weighted by molar-refractivity contribution is 7.89. The summed E-state index contributed by atoms with van der Waals surface area (Å²) in [6.07, 6.45) is 0. The molecule has 2 aromatic rings. The molecule has 0 spiro atoms. The van der Waals surface area contributed by atoms with Gasteiger partial charge in [0, 0.05) is 5.69 Å². The molecule has 0 aliphatic heterocycles. The molecule has 0 unspecified atom stereocenters. The molecule has 1 atom stereocenters. The van der Waals surface area contributed by atoms with E-state index >= 15 is 0 Å². The lowest BCUT2D eigenvalue weighted by atomic mass is 10.1. The molecule has 0 fully saturated rings. The summed E-state index contributed by atoms with van der Waals surface area (Å²) in [7, 11) is -3.97. The first-order chi connectivity index (χ1) is 14.6. The fraction of sp³-hybridized carbons (Fsp3) is 0.300. The molecule has 0 heterocycles. The topological polar surface area (TPSA) is 111 Å².